The van der Waals surface area contributed by atoms with Crippen LogP contribution in [-0.4, -0.2) is 60.5 Å². The van der Waals surface area contributed by atoms with Crippen LogP contribution in [0.3, 0.4) is 0 Å². The van der Waals surface area contributed by atoms with Gasteiger partial charge < -0.3 is 9.47 Å². The largest absolute Gasteiger partial charge is 0.325 e. The zero-order chi connectivity index (χ0) is 29.3. The Morgan fingerprint density at radius 2 is 1.74 bits per heavy atom. The van der Waals surface area contributed by atoms with Crippen LogP contribution in [0.5, 0.6) is 0 Å². The summed E-state index contributed by atoms with van der Waals surface area (Å²) in [5, 5.41) is 0. The summed E-state index contributed by atoms with van der Waals surface area (Å²) in [6, 6.07) is 19.1. The molecule has 3 aliphatic rings. The number of rotatable bonds is 10. The third kappa shape index (κ3) is 6.72. The highest BCUT2D eigenvalue weighted by molar-refractivity contribution is 7.87. The number of imidazole rings is 1. The summed E-state index contributed by atoms with van der Waals surface area (Å²) in [4.78, 5) is 7.48. The van der Waals surface area contributed by atoms with Crippen LogP contribution in [0.4, 0.5) is 8.78 Å². The van der Waals surface area contributed by atoms with Crippen molar-refractivity contribution in [2.24, 2.45) is 5.92 Å². The van der Waals surface area contributed by atoms with Crippen molar-refractivity contribution in [1.82, 2.24) is 23.9 Å². The van der Waals surface area contributed by atoms with Crippen molar-refractivity contribution in [1.29, 1.82) is 0 Å². The molecular weight excluding hydrogens is 556 g/mol. The standard InChI is InChI=1S/C32H43F2N5O2S/c1-23-36-29-9-5-6-10-31(29)39(23)28-16-20-38(30-12-11-25(30)21-28)19-15-26(24-7-3-2-4-8-24)22-35-42(40,41)37-27-13-17-32(33,34)18-14-27/h2-10,25-28,30,35,37H,11-22H2,1H3/t25-,26?,28-,30?/m0/s1. The number of halogens is 2. The van der Waals surface area contributed by atoms with Gasteiger partial charge in [0, 0.05) is 44.1 Å². The number of para-hydroxylation sites is 2. The number of aromatic nitrogens is 2. The number of fused-ring (bicyclic) bond motifs is 2. The Balaban J connectivity index is 1.10. The maximum Gasteiger partial charge on any atom is 0.277 e. The molecule has 1 saturated heterocycles. The van der Waals surface area contributed by atoms with E-state index in [2.05, 4.69) is 56.2 Å². The molecule has 0 spiro atoms. The molecule has 2 unspecified atom stereocenters. The van der Waals surface area contributed by atoms with Crippen LogP contribution in [0, 0.1) is 12.8 Å². The molecular formula is C32H43F2N5O2S. The maximum absolute atomic E-state index is 13.5. The van der Waals surface area contributed by atoms with Crippen molar-refractivity contribution >= 4 is 21.2 Å². The van der Waals surface area contributed by atoms with Gasteiger partial charge in [0.2, 0.25) is 5.92 Å². The zero-order valence-electron chi connectivity index (χ0n) is 24.4. The fourth-order valence-electron chi connectivity index (χ4n) is 7.46. The van der Waals surface area contributed by atoms with Crippen LogP contribution >= 0.6 is 0 Å². The second kappa shape index (κ2) is 12.3. The topological polar surface area (TPSA) is 79.3 Å². The molecule has 10 heteroatoms. The summed E-state index contributed by atoms with van der Waals surface area (Å²) < 4.78 is 60.7. The molecule has 228 valence electrons. The van der Waals surface area contributed by atoms with Crippen LogP contribution in [-0.2, 0) is 10.2 Å². The molecule has 0 bridgehead atoms. The predicted octanol–water partition coefficient (Wildman–Crippen LogP) is 5.94. The number of hydrogen-bond donors (Lipinski definition) is 2. The van der Waals surface area contributed by atoms with E-state index in [1.807, 2.05) is 24.3 Å². The lowest BCUT2D eigenvalue weighted by Gasteiger charge is -2.43. The molecule has 0 amide bonds. The Morgan fingerprint density at radius 3 is 2.48 bits per heavy atom. The Bertz CT molecular complexity index is 1450. The number of alkyl halides is 2. The average molecular weight is 600 g/mol. The lowest BCUT2D eigenvalue weighted by molar-refractivity contribution is -0.0388. The van der Waals surface area contributed by atoms with E-state index in [1.54, 1.807) is 0 Å². The van der Waals surface area contributed by atoms with Crippen molar-refractivity contribution < 1.29 is 17.2 Å². The maximum atomic E-state index is 13.5. The Kier molecular flexibility index (Phi) is 8.69. The quantitative estimate of drug-likeness (QED) is 0.303. The summed E-state index contributed by atoms with van der Waals surface area (Å²) in [5.41, 5.74) is 3.39. The van der Waals surface area contributed by atoms with E-state index in [9.17, 15) is 17.2 Å². The Morgan fingerprint density at radius 1 is 1.00 bits per heavy atom. The number of aryl methyl sites for hydroxylation is 1. The molecule has 2 heterocycles. The smallest absolute Gasteiger partial charge is 0.277 e. The fraction of sp³-hybridized carbons (Fsp3) is 0.594. The second-order valence-electron chi connectivity index (χ2n) is 12.6. The minimum atomic E-state index is -3.80. The van der Waals surface area contributed by atoms with Crippen LogP contribution in [0.2, 0.25) is 0 Å². The predicted molar refractivity (Wildman–Crippen MR) is 162 cm³/mol. The van der Waals surface area contributed by atoms with E-state index in [0.29, 0.717) is 18.0 Å². The van der Waals surface area contributed by atoms with Gasteiger partial charge in [-0.3, -0.25) is 0 Å². The summed E-state index contributed by atoms with van der Waals surface area (Å²) in [6.07, 6.45) is 5.31. The molecule has 6 rings (SSSR count). The molecule has 7 nitrogen and oxygen atoms in total. The molecule has 0 radical (unpaired) electrons. The summed E-state index contributed by atoms with van der Waals surface area (Å²) in [7, 11) is -3.80. The van der Waals surface area contributed by atoms with Crippen molar-refractivity contribution in [3.63, 3.8) is 0 Å². The zero-order valence-corrected chi connectivity index (χ0v) is 25.2. The Hall–Kier alpha value is -2.40. The van der Waals surface area contributed by atoms with E-state index in [4.69, 9.17) is 4.98 Å². The van der Waals surface area contributed by atoms with E-state index < -0.39 is 22.2 Å². The molecule has 1 aromatic heterocycles. The van der Waals surface area contributed by atoms with Gasteiger partial charge in [-0.1, -0.05) is 42.5 Å². The molecule has 2 aromatic carbocycles. The third-order valence-corrected chi connectivity index (χ3v) is 11.1. The molecule has 2 N–H and O–H groups in total. The minimum absolute atomic E-state index is 0.0101. The number of nitrogens with one attached hydrogen (secondary N) is 2. The highest BCUT2D eigenvalue weighted by Gasteiger charge is 2.40. The van der Waals surface area contributed by atoms with Gasteiger partial charge in [0.25, 0.3) is 10.2 Å². The number of hydrogen-bond acceptors (Lipinski definition) is 4. The van der Waals surface area contributed by atoms with E-state index in [0.717, 1.165) is 42.8 Å². The van der Waals surface area contributed by atoms with Crippen molar-refractivity contribution in [2.45, 2.75) is 94.7 Å². The summed E-state index contributed by atoms with van der Waals surface area (Å²) in [6.45, 7) is 4.31. The van der Waals surface area contributed by atoms with Gasteiger partial charge in [-0.05, 0) is 87.9 Å². The number of likely N-dealkylation sites (tertiary alicyclic amines) is 1. The molecule has 3 fully saturated rings. The Labute approximate surface area is 248 Å². The normalized spacial score (nSPS) is 25.9. The minimum Gasteiger partial charge on any atom is -0.325 e. The van der Waals surface area contributed by atoms with Gasteiger partial charge in [-0.25, -0.2) is 18.5 Å². The lowest BCUT2D eigenvalue weighted by atomic mass is 9.75. The highest BCUT2D eigenvalue weighted by atomic mass is 32.2. The lowest BCUT2D eigenvalue weighted by Crippen LogP contribution is -2.47. The van der Waals surface area contributed by atoms with Gasteiger partial charge in [-0.2, -0.15) is 13.1 Å². The van der Waals surface area contributed by atoms with Gasteiger partial charge in [0.15, 0.2) is 0 Å². The molecule has 2 saturated carbocycles. The number of benzene rings is 2. The van der Waals surface area contributed by atoms with Gasteiger partial charge in [-0.15, -0.1) is 0 Å². The van der Waals surface area contributed by atoms with Crippen molar-refractivity contribution in [3.8, 4) is 0 Å². The molecule has 1 aliphatic heterocycles. The summed E-state index contributed by atoms with van der Waals surface area (Å²) in [5.74, 6) is -0.932. The van der Waals surface area contributed by atoms with E-state index in [1.165, 1.54) is 24.8 Å². The summed E-state index contributed by atoms with van der Waals surface area (Å²) >= 11 is 0. The van der Waals surface area contributed by atoms with Gasteiger partial charge in [0.05, 0.1) is 11.0 Å². The number of nitrogens with zero attached hydrogens (tertiary/aromatic N) is 3. The first-order chi connectivity index (χ1) is 20.2. The monoisotopic (exact) mass is 599 g/mol. The first kappa shape index (κ1) is 29.7. The molecule has 4 atom stereocenters. The average Bonchev–Trinajstić information content (AvgIpc) is 3.23. The third-order valence-electron chi connectivity index (χ3n) is 9.90. The van der Waals surface area contributed by atoms with Crippen LogP contribution < -0.4 is 9.44 Å². The molecule has 3 aromatic rings. The van der Waals surface area contributed by atoms with Crippen LogP contribution in [0.25, 0.3) is 11.0 Å². The van der Waals surface area contributed by atoms with Crippen molar-refractivity contribution in [2.75, 3.05) is 19.6 Å². The van der Waals surface area contributed by atoms with Gasteiger partial charge in [0.1, 0.15) is 5.82 Å². The molecule has 2 aliphatic carbocycles. The van der Waals surface area contributed by atoms with E-state index in [-0.39, 0.29) is 38.1 Å². The second-order valence-corrected chi connectivity index (χ2v) is 14.2. The van der Waals surface area contributed by atoms with E-state index >= 15 is 0 Å². The van der Waals surface area contributed by atoms with Crippen LogP contribution in [0.1, 0.15) is 81.1 Å². The fourth-order valence-corrected chi connectivity index (χ4v) is 8.63. The van der Waals surface area contributed by atoms with Crippen molar-refractivity contribution in [3.05, 3.63) is 66.0 Å². The first-order valence-electron chi connectivity index (χ1n) is 15.5. The van der Waals surface area contributed by atoms with Crippen LogP contribution in [0.15, 0.2) is 54.6 Å². The first-order valence-corrected chi connectivity index (χ1v) is 17.0. The SMILES string of the molecule is Cc1nc2ccccc2n1[C@H]1CCN(CCC(CNS(=O)(=O)NC2CCC(F)(F)CC2)c2ccccc2)C2CC[C@H]2C1. The van der Waals surface area contributed by atoms with Gasteiger partial charge >= 0.3 is 0 Å². The molecule has 42 heavy (non-hydrogen) atoms. The highest BCUT2D eigenvalue weighted by Crippen LogP contribution is 2.43.